The predicted octanol–water partition coefficient (Wildman–Crippen LogP) is 4.28. The lowest BCUT2D eigenvalue weighted by Gasteiger charge is -2.24. The van der Waals surface area contributed by atoms with E-state index < -0.39 is 0 Å². The Hall–Kier alpha value is -2.36. The third-order valence-corrected chi connectivity index (χ3v) is 4.87. The fourth-order valence-corrected chi connectivity index (χ4v) is 3.36. The van der Waals surface area contributed by atoms with E-state index in [9.17, 15) is 9.18 Å². The first kappa shape index (κ1) is 24.9. The molecule has 8 heteroatoms. The van der Waals surface area contributed by atoms with Crippen LogP contribution in [0.3, 0.4) is 0 Å². The van der Waals surface area contributed by atoms with Crippen LogP contribution >= 0.6 is 24.0 Å². The molecule has 1 aliphatic rings. The number of nitrogens with one attached hydrogen (secondary N) is 3. The summed E-state index contributed by atoms with van der Waals surface area (Å²) in [5, 5.41) is 9.51. The number of para-hydroxylation sites is 1. The lowest BCUT2D eigenvalue weighted by molar-refractivity contribution is -0.116. The van der Waals surface area contributed by atoms with Gasteiger partial charge in [0.1, 0.15) is 11.6 Å². The van der Waals surface area contributed by atoms with Crippen molar-refractivity contribution in [1.29, 1.82) is 0 Å². The van der Waals surface area contributed by atoms with Gasteiger partial charge in [-0.25, -0.2) is 4.39 Å². The molecule has 3 N–H and O–H groups in total. The monoisotopic (exact) mass is 540 g/mol. The third kappa shape index (κ3) is 8.01. The van der Waals surface area contributed by atoms with Crippen LogP contribution in [-0.4, -0.2) is 38.1 Å². The Morgan fingerprint density at radius 3 is 2.71 bits per heavy atom. The maximum absolute atomic E-state index is 12.9. The predicted molar refractivity (Wildman–Crippen MR) is 133 cm³/mol. The van der Waals surface area contributed by atoms with Gasteiger partial charge in [0.25, 0.3) is 0 Å². The van der Waals surface area contributed by atoms with E-state index in [1.807, 2.05) is 25.1 Å². The average molecular weight is 540 g/mol. The first-order chi connectivity index (χ1) is 14.7. The normalized spacial score (nSPS) is 15.4. The minimum Gasteiger partial charge on any atom is -0.494 e. The molecule has 0 aliphatic carbocycles. The second kappa shape index (κ2) is 13.1. The van der Waals surface area contributed by atoms with Gasteiger partial charge in [-0.2, -0.15) is 0 Å². The summed E-state index contributed by atoms with van der Waals surface area (Å²) in [6.07, 6.45) is 2.24. The molecule has 31 heavy (non-hydrogen) atoms. The van der Waals surface area contributed by atoms with Crippen molar-refractivity contribution in [2.24, 2.45) is 4.99 Å². The summed E-state index contributed by atoms with van der Waals surface area (Å²) >= 11 is 0. The van der Waals surface area contributed by atoms with Crippen LogP contribution < -0.4 is 20.7 Å². The van der Waals surface area contributed by atoms with Gasteiger partial charge in [-0.05, 0) is 55.7 Å². The van der Waals surface area contributed by atoms with Crippen LogP contribution in [-0.2, 0) is 4.79 Å². The summed E-state index contributed by atoms with van der Waals surface area (Å²) in [4.78, 5) is 16.7. The minimum absolute atomic E-state index is 0. The van der Waals surface area contributed by atoms with Crippen LogP contribution in [0.5, 0.6) is 5.75 Å². The van der Waals surface area contributed by atoms with Gasteiger partial charge in [0, 0.05) is 31.1 Å². The number of hydrogen-bond donors (Lipinski definition) is 3. The first-order valence-electron chi connectivity index (χ1n) is 10.4. The summed E-state index contributed by atoms with van der Waals surface area (Å²) < 4.78 is 18.5. The molecule has 6 nitrogen and oxygen atoms in total. The number of halogens is 2. The van der Waals surface area contributed by atoms with E-state index in [1.165, 1.54) is 12.1 Å². The van der Waals surface area contributed by atoms with Crippen LogP contribution in [0.1, 0.15) is 37.7 Å². The number of fused-ring (bicyclic) bond motifs is 1. The molecule has 0 radical (unpaired) electrons. The maximum Gasteiger partial charge on any atom is 0.225 e. The SMILES string of the molecule is CCNC(=NCC1CC(=O)Nc2ccccc21)NCCCCOc1ccc(F)cc1.I. The minimum atomic E-state index is -0.265. The van der Waals surface area contributed by atoms with E-state index >= 15 is 0 Å². The highest BCUT2D eigenvalue weighted by Crippen LogP contribution is 2.31. The van der Waals surface area contributed by atoms with Crippen molar-refractivity contribution in [1.82, 2.24) is 10.6 Å². The van der Waals surface area contributed by atoms with E-state index in [2.05, 4.69) is 22.0 Å². The molecule has 2 aromatic carbocycles. The molecular formula is C23H30FIN4O2. The highest BCUT2D eigenvalue weighted by Gasteiger charge is 2.24. The van der Waals surface area contributed by atoms with Crippen LogP contribution in [0.4, 0.5) is 10.1 Å². The molecule has 1 amide bonds. The summed E-state index contributed by atoms with van der Waals surface area (Å²) in [5.41, 5.74) is 2.02. The molecule has 168 valence electrons. The largest absolute Gasteiger partial charge is 0.494 e. The maximum atomic E-state index is 12.9. The number of aliphatic imine (C=N–C) groups is 1. The van der Waals surface area contributed by atoms with E-state index in [0.29, 0.717) is 25.3 Å². The molecule has 1 unspecified atom stereocenters. The van der Waals surface area contributed by atoms with Gasteiger partial charge in [-0.3, -0.25) is 9.79 Å². The summed E-state index contributed by atoms with van der Waals surface area (Å²) in [6, 6.07) is 14.0. The molecular weight excluding hydrogens is 510 g/mol. The third-order valence-electron chi connectivity index (χ3n) is 4.87. The average Bonchev–Trinajstić information content (AvgIpc) is 2.75. The van der Waals surface area contributed by atoms with Gasteiger partial charge >= 0.3 is 0 Å². The Labute approximate surface area is 200 Å². The number of nitrogens with zero attached hydrogens (tertiary/aromatic N) is 1. The van der Waals surface area contributed by atoms with Crippen molar-refractivity contribution in [3.8, 4) is 5.75 Å². The van der Waals surface area contributed by atoms with Gasteiger partial charge in [-0.15, -0.1) is 24.0 Å². The number of carbonyl (C=O) groups excluding carboxylic acids is 1. The number of guanidine groups is 1. The molecule has 3 rings (SSSR count). The Bertz CT molecular complexity index is 861. The number of carbonyl (C=O) groups is 1. The number of anilines is 1. The van der Waals surface area contributed by atoms with Gasteiger partial charge < -0.3 is 20.7 Å². The number of hydrogen-bond acceptors (Lipinski definition) is 3. The Morgan fingerprint density at radius 2 is 1.94 bits per heavy atom. The van der Waals surface area contributed by atoms with Crippen molar-refractivity contribution in [2.45, 2.75) is 32.1 Å². The van der Waals surface area contributed by atoms with E-state index in [0.717, 1.165) is 43.1 Å². The molecule has 1 aliphatic heterocycles. The molecule has 0 spiro atoms. The molecule has 1 heterocycles. The quantitative estimate of drug-likeness (QED) is 0.192. The molecule has 0 bridgehead atoms. The van der Waals surface area contributed by atoms with E-state index in [-0.39, 0.29) is 41.6 Å². The number of unbranched alkanes of at least 4 members (excludes halogenated alkanes) is 1. The zero-order valence-electron chi connectivity index (χ0n) is 17.7. The molecule has 2 aromatic rings. The van der Waals surface area contributed by atoms with Gasteiger partial charge in [0.15, 0.2) is 5.96 Å². The molecule has 0 saturated heterocycles. The smallest absolute Gasteiger partial charge is 0.225 e. The fraction of sp³-hybridized carbons (Fsp3) is 0.391. The Kier molecular flexibility index (Phi) is 10.6. The van der Waals surface area contributed by atoms with Crippen molar-refractivity contribution >= 4 is 41.5 Å². The van der Waals surface area contributed by atoms with Gasteiger partial charge in [0.05, 0.1) is 13.2 Å². The molecule has 1 atom stereocenters. The topological polar surface area (TPSA) is 74.8 Å². The highest BCUT2D eigenvalue weighted by atomic mass is 127. The Balaban J connectivity index is 0.00000341. The summed E-state index contributed by atoms with van der Waals surface area (Å²) in [5.74, 6) is 1.28. The second-order valence-electron chi connectivity index (χ2n) is 7.19. The van der Waals surface area contributed by atoms with Crippen LogP contribution in [0, 0.1) is 5.82 Å². The zero-order valence-corrected chi connectivity index (χ0v) is 20.0. The molecule has 0 fully saturated rings. The van der Waals surface area contributed by atoms with Crippen molar-refractivity contribution in [3.63, 3.8) is 0 Å². The highest BCUT2D eigenvalue weighted by molar-refractivity contribution is 14.0. The van der Waals surface area contributed by atoms with E-state index in [1.54, 1.807) is 12.1 Å². The standard InChI is InChI=1S/C23H29FN4O2.HI/c1-2-25-23(26-13-5-6-14-30-19-11-9-18(24)10-12-19)27-16-17-15-22(29)28-21-8-4-3-7-20(17)21;/h3-4,7-12,17H,2,5-6,13-16H2,1H3,(H,28,29)(H2,25,26,27);1H. The van der Waals surface area contributed by atoms with E-state index in [4.69, 9.17) is 9.73 Å². The summed E-state index contributed by atoms with van der Waals surface area (Å²) in [7, 11) is 0. The van der Waals surface area contributed by atoms with Crippen molar-refractivity contribution in [2.75, 3.05) is 31.6 Å². The van der Waals surface area contributed by atoms with Crippen LogP contribution in [0.2, 0.25) is 0 Å². The summed E-state index contributed by atoms with van der Waals surface area (Å²) in [6.45, 7) is 4.68. The van der Waals surface area contributed by atoms with Crippen LogP contribution in [0.25, 0.3) is 0 Å². The lowest BCUT2D eigenvalue weighted by atomic mass is 9.91. The first-order valence-corrected chi connectivity index (χ1v) is 10.4. The zero-order chi connectivity index (χ0) is 21.2. The van der Waals surface area contributed by atoms with Crippen molar-refractivity contribution in [3.05, 3.63) is 59.9 Å². The lowest BCUT2D eigenvalue weighted by Crippen LogP contribution is -2.38. The number of rotatable bonds is 9. The Morgan fingerprint density at radius 1 is 1.16 bits per heavy atom. The molecule has 0 aromatic heterocycles. The number of ether oxygens (including phenoxy) is 1. The fourth-order valence-electron chi connectivity index (χ4n) is 3.36. The number of amides is 1. The van der Waals surface area contributed by atoms with Gasteiger partial charge in [0.2, 0.25) is 5.91 Å². The second-order valence-corrected chi connectivity index (χ2v) is 7.19. The van der Waals surface area contributed by atoms with Gasteiger partial charge in [-0.1, -0.05) is 18.2 Å². The van der Waals surface area contributed by atoms with Crippen LogP contribution in [0.15, 0.2) is 53.5 Å². The number of benzene rings is 2. The molecule has 0 saturated carbocycles. The van der Waals surface area contributed by atoms with Crippen molar-refractivity contribution < 1.29 is 13.9 Å².